The minimum absolute atomic E-state index is 0.313. The molecule has 5 atom stereocenters. The van der Waals surface area contributed by atoms with Crippen LogP contribution in [-0.4, -0.2) is 63.1 Å². The van der Waals surface area contributed by atoms with Crippen molar-refractivity contribution in [2.75, 3.05) is 18.5 Å². The Labute approximate surface area is 212 Å². The Morgan fingerprint density at radius 1 is 1.03 bits per heavy atom. The number of hydrogen-bond acceptors (Lipinski definition) is 7. The van der Waals surface area contributed by atoms with Crippen LogP contribution in [0.15, 0.2) is 54.3 Å². The molecule has 8 nitrogen and oxygen atoms in total. The number of hydrogen-bond donors (Lipinski definition) is 5. The zero-order valence-corrected chi connectivity index (χ0v) is 20.3. The van der Waals surface area contributed by atoms with Gasteiger partial charge in [-0.15, -0.1) is 0 Å². The molecule has 37 heavy (non-hydrogen) atoms. The summed E-state index contributed by atoms with van der Waals surface area (Å²) in [5.74, 6) is -3.57. The van der Waals surface area contributed by atoms with Gasteiger partial charge in [0, 0.05) is 47.7 Å². The van der Waals surface area contributed by atoms with E-state index in [0.29, 0.717) is 28.1 Å². The van der Waals surface area contributed by atoms with E-state index in [-0.39, 0.29) is 11.7 Å². The number of carbonyl (C=O) groups excluding carboxylic acids is 2. The second kappa shape index (κ2) is 9.18. The van der Waals surface area contributed by atoms with Crippen LogP contribution in [0, 0.1) is 23.6 Å². The number of nitrogens with one attached hydrogen (secondary N) is 1. The molecular weight excluding hydrogens is 481 g/mol. The molecule has 3 aliphatic rings. The standard InChI is InChI=1S/C28H28FNO7/c1-28(2)19(10-21(37-28)23-16-8-7-15(29)9-20(16)30-27(23)36)13-3-5-14(6-4-13)24(33)22-17(11-31)25(34)26(35)18(22)12-32/h3-10,17-18,22,25-26,31-32,34-35H,11-12H2,1-2H3,(H,30,36)/b23-21+/t17-,18+,22?,25-,26-/m1/s1. The van der Waals surface area contributed by atoms with Crippen molar-refractivity contribution in [1.29, 1.82) is 0 Å². The predicted molar refractivity (Wildman–Crippen MR) is 133 cm³/mol. The minimum atomic E-state index is -1.31. The summed E-state index contributed by atoms with van der Waals surface area (Å²) in [6, 6.07) is 10.8. The van der Waals surface area contributed by atoms with Crippen molar-refractivity contribution in [3.8, 4) is 0 Å². The van der Waals surface area contributed by atoms with Crippen LogP contribution in [0.4, 0.5) is 10.1 Å². The number of anilines is 1. The van der Waals surface area contributed by atoms with Crippen LogP contribution in [0.3, 0.4) is 0 Å². The average Bonchev–Trinajstić information content (AvgIpc) is 3.45. The lowest BCUT2D eigenvalue weighted by atomic mass is 9.82. The quantitative estimate of drug-likeness (QED) is 0.308. The summed E-state index contributed by atoms with van der Waals surface area (Å²) in [5, 5.41) is 42.5. The molecule has 1 fully saturated rings. The van der Waals surface area contributed by atoms with Crippen molar-refractivity contribution in [3.05, 3.63) is 76.8 Å². The number of fused-ring (bicyclic) bond motifs is 1. The molecule has 1 aliphatic carbocycles. The molecule has 0 radical (unpaired) electrons. The number of amides is 1. The molecule has 0 spiro atoms. The molecule has 5 rings (SSSR count). The van der Waals surface area contributed by atoms with Gasteiger partial charge in [0.2, 0.25) is 0 Å². The highest BCUT2D eigenvalue weighted by molar-refractivity contribution is 6.32. The van der Waals surface area contributed by atoms with E-state index in [1.54, 1.807) is 30.3 Å². The highest BCUT2D eigenvalue weighted by Crippen LogP contribution is 2.45. The number of aliphatic hydroxyl groups excluding tert-OH is 4. The molecule has 9 heteroatoms. The van der Waals surface area contributed by atoms with Crippen molar-refractivity contribution >= 4 is 28.5 Å². The average molecular weight is 510 g/mol. The molecule has 0 aromatic heterocycles. The molecule has 5 N–H and O–H groups in total. The Hall–Kier alpha value is -3.37. The number of benzene rings is 2. The first-order valence-electron chi connectivity index (χ1n) is 12.1. The summed E-state index contributed by atoms with van der Waals surface area (Å²) < 4.78 is 19.8. The molecule has 2 aromatic carbocycles. The molecule has 1 saturated carbocycles. The largest absolute Gasteiger partial charge is 0.482 e. The Kier molecular flexibility index (Phi) is 6.27. The van der Waals surface area contributed by atoms with Gasteiger partial charge in [-0.2, -0.15) is 0 Å². The second-order valence-electron chi connectivity index (χ2n) is 10.2. The van der Waals surface area contributed by atoms with E-state index < -0.39 is 54.6 Å². The lowest BCUT2D eigenvalue weighted by Crippen LogP contribution is -2.31. The number of allylic oxidation sites excluding steroid dienone is 1. The fourth-order valence-electron chi connectivity index (χ4n) is 5.70. The fourth-order valence-corrected chi connectivity index (χ4v) is 5.70. The van der Waals surface area contributed by atoms with Crippen LogP contribution in [-0.2, 0) is 9.53 Å². The normalized spacial score (nSPS) is 30.1. The summed E-state index contributed by atoms with van der Waals surface area (Å²) in [7, 11) is 0. The zero-order valence-electron chi connectivity index (χ0n) is 20.3. The van der Waals surface area contributed by atoms with Crippen LogP contribution in [0.25, 0.3) is 11.1 Å². The number of halogens is 1. The lowest BCUT2D eigenvalue weighted by molar-refractivity contribution is -0.111. The van der Waals surface area contributed by atoms with E-state index in [1.165, 1.54) is 18.2 Å². The van der Waals surface area contributed by atoms with Crippen molar-refractivity contribution in [2.24, 2.45) is 17.8 Å². The Bertz CT molecular complexity index is 1310. The molecule has 2 aromatic rings. The Balaban J connectivity index is 1.47. The summed E-state index contributed by atoms with van der Waals surface area (Å²) in [6.45, 7) is 2.70. The molecule has 2 heterocycles. The van der Waals surface area contributed by atoms with E-state index in [0.717, 1.165) is 11.1 Å². The SMILES string of the molecule is CC1(C)O/C(=C2/C(=O)Nc3cc(F)ccc32)C=C1c1ccc(C(=O)C2[C@@H](CO)[C@@H](O)[C@H](O)[C@H]2CO)cc1. The zero-order chi connectivity index (χ0) is 26.6. The van der Waals surface area contributed by atoms with Crippen molar-refractivity contribution in [2.45, 2.75) is 31.7 Å². The molecule has 1 unspecified atom stereocenters. The first-order chi connectivity index (χ1) is 17.6. The van der Waals surface area contributed by atoms with Gasteiger partial charge in [0.1, 0.15) is 17.2 Å². The van der Waals surface area contributed by atoms with Gasteiger partial charge in [0.05, 0.1) is 23.5 Å². The molecule has 194 valence electrons. The van der Waals surface area contributed by atoms with Gasteiger partial charge < -0.3 is 30.5 Å². The van der Waals surface area contributed by atoms with Gasteiger partial charge in [-0.1, -0.05) is 24.3 Å². The van der Waals surface area contributed by atoms with E-state index in [4.69, 9.17) is 4.74 Å². The van der Waals surface area contributed by atoms with Crippen molar-refractivity contribution in [3.63, 3.8) is 0 Å². The lowest BCUT2D eigenvalue weighted by Gasteiger charge is -2.24. The number of rotatable bonds is 5. The number of ketones is 1. The first kappa shape index (κ1) is 25.3. The molecule has 0 saturated heterocycles. The first-order valence-corrected chi connectivity index (χ1v) is 12.1. The summed E-state index contributed by atoms with van der Waals surface area (Å²) in [6.07, 6.45) is -0.854. The smallest absolute Gasteiger partial charge is 0.260 e. The third-order valence-electron chi connectivity index (χ3n) is 7.62. The summed E-state index contributed by atoms with van der Waals surface area (Å²) in [5.41, 5.74) is 2.27. The minimum Gasteiger partial charge on any atom is -0.482 e. The van der Waals surface area contributed by atoms with Gasteiger partial charge in [-0.05, 0) is 43.7 Å². The maximum atomic E-state index is 13.6. The van der Waals surface area contributed by atoms with Crippen molar-refractivity contribution < 1.29 is 39.1 Å². The monoisotopic (exact) mass is 509 g/mol. The van der Waals surface area contributed by atoms with Gasteiger partial charge in [0.25, 0.3) is 5.91 Å². The maximum absolute atomic E-state index is 13.6. The highest BCUT2D eigenvalue weighted by atomic mass is 19.1. The van der Waals surface area contributed by atoms with Crippen LogP contribution in [0.2, 0.25) is 0 Å². The summed E-state index contributed by atoms with van der Waals surface area (Å²) >= 11 is 0. The van der Waals surface area contributed by atoms with Gasteiger partial charge in [-0.25, -0.2) is 4.39 Å². The Morgan fingerprint density at radius 3 is 2.24 bits per heavy atom. The van der Waals surface area contributed by atoms with E-state index in [1.807, 2.05) is 13.8 Å². The van der Waals surface area contributed by atoms with Gasteiger partial charge in [-0.3, -0.25) is 9.59 Å². The van der Waals surface area contributed by atoms with Crippen LogP contribution in [0.5, 0.6) is 0 Å². The van der Waals surface area contributed by atoms with Gasteiger partial charge in [0.15, 0.2) is 5.78 Å². The predicted octanol–water partition coefficient (Wildman–Crippen LogP) is 2.13. The van der Waals surface area contributed by atoms with E-state index in [2.05, 4.69) is 5.32 Å². The van der Waals surface area contributed by atoms with E-state index in [9.17, 15) is 34.4 Å². The second-order valence-corrected chi connectivity index (χ2v) is 10.2. The fraction of sp³-hybridized carbons (Fsp3) is 0.357. The topological polar surface area (TPSA) is 136 Å². The van der Waals surface area contributed by atoms with Crippen molar-refractivity contribution in [1.82, 2.24) is 0 Å². The molecule has 2 aliphatic heterocycles. The third kappa shape index (κ3) is 4.08. The maximum Gasteiger partial charge on any atom is 0.260 e. The summed E-state index contributed by atoms with van der Waals surface area (Å²) in [4.78, 5) is 25.9. The van der Waals surface area contributed by atoms with E-state index >= 15 is 0 Å². The van der Waals surface area contributed by atoms with Gasteiger partial charge >= 0.3 is 0 Å². The highest BCUT2D eigenvalue weighted by Gasteiger charge is 2.52. The number of carbonyl (C=O) groups is 2. The molecular formula is C28H28FNO7. The van der Waals surface area contributed by atoms with Crippen LogP contribution < -0.4 is 5.32 Å². The molecule has 1 amide bonds. The number of Topliss-reactive ketones (excluding diaryl/α,β-unsaturated/α-hetero) is 1. The number of ether oxygens (including phenoxy) is 1. The molecule has 0 bridgehead atoms. The number of aliphatic hydroxyl groups is 4. The van der Waals surface area contributed by atoms with Crippen LogP contribution in [0.1, 0.15) is 35.3 Å². The Morgan fingerprint density at radius 2 is 1.65 bits per heavy atom. The van der Waals surface area contributed by atoms with Crippen LogP contribution >= 0.6 is 0 Å². The third-order valence-corrected chi connectivity index (χ3v) is 7.62.